The molecule has 2 N–H and O–H groups in total. The van der Waals surface area contributed by atoms with Crippen molar-refractivity contribution in [2.45, 2.75) is 33.7 Å². The molecule has 31 heavy (non-hydrogen) atoms. The van der Waals surface area contributed by atoms with E-state index in [9.17, 15) is 9.59 Å². The highest BCUT2D eigenvalue weighted by atomic mass is 35.5. The van der Waals surface area contributed by atoms with Crippen LogP contribution < -0.4 is 10.6 Å². The molecule has 162 valence electrons. The maximum atomic E-state index is 12.3. The van der Waals surface area contributed by atoms with E-state index in [2.05, 4.69) is 21.3 Å². The number of ether oxygens (including phenoxy) is 1. The van der Waals surface area contributed by atoms with Crippen molar-refractivity contribution < 1.29 is 14.3 Å². The molecule has 3 rings (SSSR count). The summed E-state index contributed by atoms with van der Waals surface area (Å²) < 4.78 is 7.06. The molecule has 6 nitrogen and oxygen atoms in total. The smallest absolute Gasteiger partial charge is 0.319 e. The molecule has 0 fully saturated rings. The van der Waals surface area contributed by atoms with Crippen LogP contribution in [-0.4, -0.2) is 23.2 Å². The van der Waals surface area contributed by atoms with E-state index in [1.807, 2.05) is 38.1 Å². The predicted molar refractivity (Wildman–Crippen MR) is 123 cm³/mol. The van der Waals surface area contributed by atoms with Crippen LogP contribution in [0.1, 0.15) is 29.4 Å². The molecule has 2 amide bonds. The number of halogens is 1. The van der Waals surface area contributed by atoms with E-state index in [0.29, 0.717) is 23.9 Å². The number of nitrogens with one attached hydrogen (secondary N) is 2. The largest absolute Gasteiger partial charge is 0.466 e. The van der Waals surface area contributed by atoms with Gasteiger partial charge in [-0.25, -0.2) is 4.79 Å². The zero-order valence-electron chi connectivity index (χ0n) is 17.9. The van der Waals surface area contributed by atoms with Crippen LogP contribution in [0.15, 0.2) is 54.6 Å². The van der Waals surface area contributed by atoms with Crippen molar-refractivity contribution in [2.75, 3.05) is 11.9 Å². The van der Waals surface area contributed by atoms with Gasteiger partial charge in [-0.05, 0) is 68.3 Å². The SMILES string of the molecule is CCOC(=O)Cc1ccc(NC(=O)NCc2cc(C)n(-c3cccc(Cl)c3)c2C)cc1. The van der Waals surface area contributed by atoms with Gasteiger partial charge in [-0.2, -0.15) is 0 Å². The second-order valence-electron chi connectivity index (χ2n) is 7.20. The average Bonchev–Trinajstić information content (AvgIpc) is 3.01. The molecule has 2 aromatic carbocycles. The number of rotatable bonds is 7. The summed E-state index contributed by atoms with van der Waals surface area (Å²) in [5.74, 6) is -0.267. The van der Waals surface area contributed by atoms with Gasteiger partial charge in [0.25, 0.3) is 0 Å². The summed E-state index contributed by atoms with van der Waals surface area (Å²) in [5, 5.41) is 6.38. The molecule has 0 saturated heterocycles. The highest BCUT2D eigenvalue weighted by Crippen LogP contribution is 2.23. The number of aromatic nitrogens is 1. The lowest BCUT2D eigenvalue weighted by atomic mass is 10.1. The highest BCUT2D eigenvalue weighted by Gasteiger charge is 2.12. The number of amides is 2. The van der Waals surface area contributed by atoms with E-state index in [4.69, 9.17) is 16.3 Å². The highest BCUT2D eigenvalue weighted by molar-refractivity contribution is 6.30. The fourth-order valence-corrected chi connectivity index (χ4v) is 3.64. The molecule has 1 heterocycles. The third-order valence-corrected chi connectivity index (χ3v) is 5.14. The Morgan fingerprint density at radius 2 is 1.81 bits per heavy atom. The minimum atomic E-state index is -0.300. The van der Waals surface area contributed by atoms with Crippen LogP contribution in [0.2, 0.25) is 5.02 Å². The summed E-state index contributed by atoms with van der Waals surface area (Å²) in [7, 11) is 0. The lowest BCUT2D eigenvalue weighted by Gasteiger charge is -2.11. The quantitative estimate of drug-likeness (QED) is 0.498. The lowest BCUT2D eigenvalue weighted by Crippen LogP contribution is -2.28. The number of urea groups is 1. The van der Waals surface area contributed by atoms with Crippen molar-refractivity contribution in [1.29, 1.82) is 0 Å². The molecule has 0 atom stereocenters. The average molecular weight is 440 g/mol. The van der Waals surface area contributed by atoms with Crippen LogP contribution in [0, 0.1) is 13.8 Å². The first-order valence-electron chi connectivity index (χ1n) is 10.1. The summed E-state index contributed by atoms with van der Waals surface area (Å²) in [4.78, 5) is 23.9. The summed E-state index contributed by atoms with van der Waals surface area (Å²) >= 11 is 6.13. The summed E-state index contributed by atoms with van der Waals surface area (Å²) in [6.45, 7) is 6.58. The van der Waals surface area contributed by atoms with Crippen molar-refractivity contribution in [2.24, 2.45) is 0 Å². The molecular formula is C24H26ClN3O3. The van der Waals surface area contributed by atoms with Crippen LogP contribution in [0.5, 0.6) is 0 Å². The first-order valence-corrected chi connectivity index (χ1v) is 10.5. The maximum absolute atomic E-state index is 12.3. The minimum absolute atomic E-state index is 0.211. The number of carbonyl (C=O) groups is 2. The number of carbonyl (C=O) groups excluding carboxylic acids is 2. The minimum Gasteiger partial charge on any atom is -0.466 e. The number of hydrogen-bond acceptors (Lipinski definition) is 3. The summed E-state index contributed by atoms with van der Waals surface area (Å²) in [5.41, 5.74) is 5.60. The number of aryl methyl sites for hydroxylation is 1. The van der Waals surface area contributed by atoms with Crippen LogP contribution in [0.4, 0.5) is 10.5 Å². The van der Waals surface area contributed by atoms with Crippen molar-refractivity contribution in [3.05, 3.63) is 82.1 Å². The Morgan fingerprint density at radius 3 is 2.48 bits per heavy atom. The van der Waals surface area contributed by atoms with E-state index < -0.39 is 0 Å². The topological polar surface area (TPSA) is 72.4 Å². The van der Waals surface area contributed by atoms with Gasteiger partial charge < -0.3 is 19.9 Å². The van der Waals surface area contributed by atoms with Crippen molar-refractivity contribution >= 4 is 29.3 Å². The second kappa shape index (κ2) is 10.2. The van der Waals surface area contributed by atoms with Gasteiger partial charge in [-0.3, -0.25) is 4.79 Å². The third kappa shape index (κ3) is 5.89. The van der Waals surface area contributed by atoms with Gasteiger partial charge in [0.15, 0.2) is 0 Å². The number of benzene rings is 2. The lowest BCUT2D eigenvalue weighted by molar-refractivity contribution is -0.142. The number of hydrogen-bond donors (Lipinski definition) is 2. The van der Waals surface area contributed by atoms with E-state index in [0.717, 1.165) is 28.2 Å². The van der Waals surface area contributed by atoms with Gasteiger partial charge in [0.05, 0.1) is 13.0 Å². The molecule has 1 aromatic heterocycles. The molecule has 0 saturated carbocycles. The van der Waals surface area contributed by atoms with Crippen molar-refractivity contribution in [3.63, 3.8) is 0 Å². The molecule has 0 radical (unpaired) electrons. The molecule has 3 aromatic rings. The zero-order valence-corrected chi connectivity index (χ0v) is 18.6. The fraction of sp³-hybridized carbons (Fsp3) is 0.250. The van der Waals surface area contributed by atoms with Gasteiger partial charge in [0, 0.05) is 34.3 Å². The summed E-state index contributed by atoms with van der Waals surface area (Å²) in [6.07, 6.45) is 0.211. The number of anilines is 1. The molecular weight excluding hydrogens is 414 g/mol. The van der Waals surface area contributed by atoms with Gasteiger partial charge >= 0.3 is 12.0 Å². The fourth-order valence-electron chi connectivity index (χ4n) is 3.46. The first kappa shape index (κ1) is 22.4. The van der Waals surface area contributed by atoms with E-state index in [1.165, 1.54) is 0 Å². The predicted octanol–water partition coefficient (Wildman–Crippen LogP) is 5.17. The van der Waals surface area contributed by atoms with Crippen LogP contribution in [0.25, 0.3) is 5.69 Å². The third-order valence-electron chi connectivity index (χ3n) is 4.91. The van der Waals surface area contributed by atoms with Crippen LogP contribution in [-0.2, 0) is 22.5 Å². The summed E-state index contributed by atoms with van der Waals surface area (Å²) in [6, 6.07) is 16.6. The Bertz CT molecular complexity index is 1070. The first-order chi connectivity index (χ1) is 14.9. The Balaban J connectivity index is 1.59. The maximum Gasteiger partial charge on any atom is 0.319 e. The monoisotopic (exact) mass is 439 g/mol. The Labute approximate surface area is 187 Å². The molecule has 0 aliphatic carbocycles. The van der Waals surface area contributed by atoms with Crippen LogP contribution >= 0.6 is 11.6 Å². The Morgan fingerprint density at radius 1 is 1.06 bits per heavy atom. The second-order valence-corrected chi connectivity index (χ2v) is 7.63. The van der Waals surface area contributed by atoms with E-state index >= 15 is 0 Å². The Kier molecular flexibility index (Phi) is 7.36. The number of nitrogens with zero attached hydrogens (tertiary/aromatic N) is 1. The van der Waals surface area contributed by atoms with E-state index in [1.54, 1.807) is 31.2 Å². The normalized spacial score (nSPS) is 10.6. The Hall–Kier alpha value is -3.25. The molecule has 7 heteroatoms. The zero-order chi connectivity index (χ0) is 22.4. The molecule has 0 bridgehead atoms. The number of esters is 1. The van der Waals surface area contributed by atoms with Gasteiger partial charge in [0.2, 0.25) is 0 Å². The molecule has 0 aliphatic rings. The van der Waals surface area contributed by atoms with Crippen molar-refractivity contribution in [3.8, 4) is 5.69 Å². The van der Waals surface area contributed by atoms with Gasteiger partial charge in [-0.1, -0.05) is 29.8 Å². The van der Waals surface area contributed by atoms with Crippen molar-refractivity contribution in [1.82, 2.24) is 9.88 Å². The molecule has 0 unspecified atom stereocenters. The molecule has 0 aliphatic heterocycles. The standard InChI is InChI=1S/C24H26ClN3O3/c1-4-31-23(29)13-18-8-10-21(11-9-18)27-24(30)26-15-19-12-16(2)28(17(19)3)22-7-5-6-20(25)14-22/h5-12,14H,4,13,15H2,1-3H3,(H2,26,27,30). The molecule has 0 spiro atoms. The van der Waals surface area contributed by atoms with Crippen LogP contribution in [0.3, 0.4) is 0 Å². The van der Waals surface area contributed by atoms with Gasteiger partial charge in [0.1, 0.15) is 0 Å². The van der Waals surface area contributed by atoms with E-state index in [-0.39, 0.29) is 18.4 Å². The van der Waals surface area contributed by atoms with Gasteiger partial charge in [-0.15, -0.1) is 0 Å².